The maximum Gasteiger partial charge on any atom is 0.249 e. The Morgan fingerprint density at radius 1 is 0.515 bits per heavy atom. The van der Waals surface area contributed by atoms with Gasteiger partial charge in [-0.1, -0.05) is 210 Å². The van der Waals surface area contributed by atoms with Crippen molar-refractivity contribution >= 4 is 5.91 Å². The molecule has 0 aromatic carbocycles. The molecule has 1 heterocycles. The number of carbonyl (C=O) groups is 1. The van der Waals surface area contributed by atoms with Crippen molar-refractivity contribution in [2.24, 2.45) is 0 Å². The van der Waals surface area contributed by atoms with E-state index in [2.05, 4.69) is 67.8 Å². The third kappa shape index (κ3) is 34.4. The van der Waals surface area contributed by atoms with Crippen molar-refractivity contribution in [3.05, 3.63) is 48.6 Å². The fraction of sp³-hybridized carbons (Fsp3) is 0.842. The molecular formula is C57H105NO10. The molecule has 0 aromatic heterocycles. The van der Waals surface area contributed by atoms with Gasteiger partial charge < -0.3 is 50.5 Å². The fourth-order valence-electron chi connectivity index (χ4n) is 8.71. The summed E-state index contributed by atoms with van der Waals surface area (Å²) in [4.78, 5) is 13.1. The minimum Gasteiger partial charge on any atom is -0.394 e. The molecule has 1 aliphatic heterocycles. The lowest BCUT2D eigenvalue weighted by molar-refractivity contribution is -0.303. The zero-order valence-corrected chi connectivity index (χ0v) is 43.3. The van der Waals surface area contributed by atoms with E-state index in [-0.39, 0.29) is 12.8 Å². The molecule has 398 valence electrons. The Kier molecular flexibility index (Phi) is 43.5. The van der Waals surface area contributed by atoms with E-state index in [9.17, 15) is 40.5 Å². The minimum atomic E-state index is -1.67. The normalized spacial score (nSPS) is 20.9. The number of rotatable bonds is 47. The van der Waals surface area contributed by atoms with Crippen LogP contribution >= 0.6 is 0 Å². The standard InChI is InChI=1S/C57H105NO10/c1-3-5-7-9-11-13-15-16-17-18-19-20-21-22-23-24-25-26-27-28-29-30-31-32-33-35-37-39-41-43-45-50(61)56(66)58-48(47-67-57-55(65)54(64)53(63)51(46-59)68-57)52(62)49(60)44-42-40-38-36-34-14-12-10-8-6-4-2/h10,12,19-20,22-23,36,38,48-55,57,59-65H,3-9,11,13-18,21,24-35,37,39-47H2,1-2H3,(H,58,66)/b12-10+,20-19-,23-22-,38-36+. The molecule has 1 rings (SSSR count). The van der Waals surface area contributed by atoms with E-state index in [1.807, 2.05) is 0 Å². The number of ether oxygens (including phenoxy) is 2. The molecule has 1 aliphatic rings. The summed E-state index contributed by atoms with van der Waals surface area (Å²) in [5, 5.41) is 75.8. The Hall–Kier alpha value is -1.93. The summed E-state index contributed by atoms with van der Waals surface area (Å²) in [6, 6.07) is -1.19. The molecule has 0 radical (unpaired) electrons. The van der Waals surface area contributed by atoms with E-state index in [1.165, 1.54) is 148 Å². The molecule has 0 saturated carbocycles. The summed E-state index contributed by atoms with van der Waals surface area (Å²) >= 11 is 0. The second-order valence-electron chi connectivity index (χ2n) is 19.6. The molecule has 0 bridgehead atoms. The van der Waals surface area contributed by atoms with Crippen molar-refractivity contribution < 1.29 is 50.0 Å². The third-order valence-electron chi connectivity index (χ3n) is 13.3. The lowest BCUT2D eigenvalue weighted by Gasteiger charge is -2.40. The van der Waals surface area contributed by atoms with Gasteiger partial charge in [-0.25, -0.2) is 0 Å². The number of carbonyl (C=O) groups excluding carboxylic acids is 1. The molecule has 9 atom stereocenters. The molecule has 9 unspecified atom stereocenters. The summed E-state index contributed by atoms with van der Waals surface area (Å²) in [7, 11) is 0. The van der Waals surface area contributed by atoms with E-state index in [1.54, 1.807) is 0 Å². The van der Waals surface area contributed by atoms with Gasteiger partial charge in [0.2, 0.25) is 5.91 Å². The highest BCUT2D eigenvalue weighted by Crippen LogP contribution is 2.23. The highest BCUT2D eigenvalue weighted by atomic mass is 16.7. The van der Waals surface area contributed by atoms with Gasteiger partial charge in [0.15, 0.2) is 6.29 Å². The summed E-state index contributed by atoms with van der Waals surface area (Å²) < 4.78 is 11.1. The molecule has 1 saturated heterocycles. The smallest absolute Gasteiger partial charge is 0.249 e. The number of amides is 1. The van der Waals surface area contributed by atoms with Crippen LogP contribution in [0.4, 0.5) is 0 Å². The van der Waals surface area contributed by atoms with Crippen molar-refractivity contribution in [1.29, 1.82) is 0 Å². The predicted octanol–water partition coefficient (Wildman–Crippen LogP) is 11.3. The minimum absolute atomic E-state index is 0.244. The second kappa shape index (κ2) is 46.2. The van der Waals surface area contributed by atoms with Crippen LogP contribution in [0.25, 0.3) is 0 Å². The fourth-order valence-corrected chi connectivity index (χ4v) is 8.71. The molecule has 11 heteroatoms. The second-order valence-corrected chi connectivity index (χ2v) is 19.6. The zero-order valence-electron chi connectivity index (χ0n) is 43.3. The summed E-state index contributed by atoms with van der Waals surface area (Å²) in [5.74, 6) is -0.712. The Bertz CT molecular complexity index is 1240. The molecule has 1 amide bonds. The van der Waals surface area contributed by atoms with Gasteiger partial charge in [0.1, 0.15) is 36.6 Å². The number of nitrogens with one attached hydrogen (secondary N) is 1. The molecule has 8 N–H and O–H groups in total. The largest absolute Gasteiger partial charge is 0.394 e. The molecular weight excluding hydrogens is 859 g/mol. The predicted molar refractivity (Wildman–Crippen MR) is 279 cm³/mol. The van der Waals surface area contributed by atoms with Gasteiger partial charge in [-0.3, -0.25) is 4.79 Å². The number of hydrogen-bond acceptors (Lipinski definition) is 10. The van der Waals surface area contributed by atoms with Gasteiger partial charge in [-0.05, 0) is 77.0 Å². The van der Waals surface area contributed by atoms with Gasteiger partial charge in [0.25, 0.3) is 0 Å². The Labute approximate surface area is 415 Å². The van der Waals surface area contributed by atoms with Crippen molar-refractivity contribution in [3.63, 3.8) is 0 Å². The first kappa shape index (κ1) is 64.1. The quantitative estimate of drug-likeness (QED) is 0.0215. The highest BCUT2D eigenvalue weighted by Gasteiger charge is 2.44. The molecule has 11 nitrogen and oxygen atoms in total. The number of aliphatic hydroxyl groups excluding tert-OH is 7. The molecule has 0 aliphatic carbocycles. The lowest BCUT2D eigenvalue weighted by atomic mass is 9.98. The van der Waals surface area contributed by atoms with E-state index >= 15 is 0 Å². The van der Waals surface area contributed by atoms with Crippen molar-refractivity contribution in [2.75, 3.05) is 13.2 Å². The van der Waals surface area contributed by atoms with Gasteiger partial charge in [0, 0.05) is 0 Å². The molecule has 68 heavy (non-hydrogen) atoms. The highest BCUT2D eigenvalue weighted by molar-refractivity contribution is 5.80. The topological polar surface area (TPSA) is 189 Å². The summed E-state index contributed by atoms with van der Waals surface area (Å²) in [6.45, 7) is 3.37. The van der Waals surface area contributed by atoms with E-state index in [0.717, 1.165) is 44.9 Å². The average molecular weight is 964 g/mol. The van der Waals surface area contributed by atoms with Crippen LogP contribution < -0.4 is 5.32 Å². The van der Waals surface area contributed by atoms with Crippen LogP contribution in [-0.2, 0) is 14.3 Å². The maximum absolute atomic E-state index is 13.1. The first-order valence-electron chi connectivity index (χ1n) is 28.0. The first-order valence-corrected chi connectivity index (χ1v) is 28.0. The Morgan fingerprint density at radius 2 is 0.941 bits per heavy atom. The van der Waals surface area contributed by atoms with Crippen LogP contribution in [0.15, 0.2) is 48.6 Å². The number of allylic oxidation sites excluding steroid dienone is 8. The maximum atomic E-state index is 13.1. The van der Waals surface area contributed by atoms with Crippen LogP contribution in [0.1, 0.15) is 239 Å². The van der Waals surface area contributed by atoms with Crippen LogP contribution in [0.3, 0.4) is 0 Å². The van der Waals surface area contributed by atoms with Crippen LogP contribution in [0.5, 0.6) is 0 Å². The lowest BCUT2D eigenvalue weighted by Crippen LogP contribution is -2.60. The molecule has 1 fully saturated rings. The zero-order chi connectivity index (χ0) is 49.7. The monoisotopic (exact) mass is 964 g/mol. The van der Waals surface area contributed by atoms with Crippen LogP contribution in [0.2, 0.25) is 0 Å². The van der Waals surface area contributed by atoms with Crippen LogP contribution in [0, 0.1) is 0 Å². The third-order valence-corrected chi connectivity index (χ3v) is 13.3. The summed E-state index contributed by atoms with van der Waals surface area (Å²) in [5.41, 5.74) is 0. The number of unbranched alkanes of at least 4 members (excludes halogenated alkanes) is 27. The first-order chi connectivity index (χ1) is 33.2. The van der Waals surface area contributed by atoms with Gasteiger partial charge in [0.05, 0.1) is 25.4 Å². The Balaban J connectivity index is 2.23. The van der Waals surface area contributed by atoms with Gasteiger partial charge in [-0.2, -0.15) is 0 Å². The SMILES string of the molecule is CCCC/C=C/CC/C=C/CCCC(O)C(O)C(COC1OC(CO)C(O)C(O)C1O)NC(=O)C(O)CCCCCCCCCCCCCCCC/C=C\C/C=C\CCCCCCCCCCC. The van der Waals surface area contributed by atoms with Crippen molar-refractivity contribution in [3.8, 4) is 0 Å². The van der Waals surface area contributed by atoms with Crippen LogP contribution in [-0.4, -0.2) is 110 Å². The Morgan fingerprint density at radius 3 is 1.44 bits per heavy atom. The molecule has 0 aromatic rings. The number of aliphatic hydroxyl groups is 7. The van der Waals surface area contributed by atoms with Crippen molar-refractivity contribution in [1.82, 2.24) is 5.32 Å². The van der Waals surface area contributed by atoms with Gasteiger partial charge >= 0.3 is 0 Å². The summed E-state index contributed by atoms with van der Waals surface area (Å²) in [6.07, 6.45) is 46.2. The van der Waals surface area contributed by atoms with E-state index < -0.39 is 74.2 Å². The van der Waals surface area contributed by atoms with E-state index in [4.69, 9.17) is 9.47 Å². The average Bonchev–Trinajstić information content (AvgIpc) is 3.34. The van der Waals surface area contributed by atoms with Gasteiger partial charge in [-0.15, -0.1) is 0 Å². The van der Waals surface area contributed by atoms with Crippen molar-refractivity contribution in [2.45, 2.75) is 294 Å². The molecule has 0 spiro atoms. The number of hydrogen-bond donors (Lipinski definition) is 8. The van der Waals surface area contributed by atoms with E-state index in [0.29, 0.717) is 19.3 Å².